The lowest BCUT2D eigenvalue weighted by molar-refractivity contribution is -0.385. The average Bonchev–Trinajstić information content (AvgIpc) is 2.59. The Morgan fingerprint density at radius 3 is 2.46 bits per heavy atom. The Balaban J connectivity index is 1.94. The molecule has 0 saturated heterocycles. The molecule has 0 aliphatic heterocycles. The van der Waals surface area contributed by atoms with Crippen molar-refractivity contribution in [2.75, 3.05) is 18.6 Å². The first-order valence-corrected chi connectivity index (χ1v) is 9.52. The van der Waals surface area contributed by atoms with Crippen LogP contribution in [-0.4, -0.2) is 29.4 Å². The van der Waals surface area contributed by atoms with E-state index in [1.54, 1.807) is 23.9 Å². The van der Waals surface area contributed by atoms with Crippen molar-refractivity contribution in [1.82, 2.24) is 5.32 Å². The van der Waals surface area contributed by atoms with E-state index in [-0.39, 0.29) is 11.3 Å². The molecule has 1 amide bonds. The molecule has 0 saturated carbocycles. The van der Waals surface area contributed by atoms with Crippen LogP contribution in [0.3, 0.4) is 0 Å². The normalized spacial score (nSPS) is 10.4. The summed E-state index contributed by atoms with van der Waals surface area (Å²) < 4.78 is 0. The van der Waals surface area contributed by atoms with E-state index in [2.05, 4.69) is 5.32 Å². The minimum atomic E-state index is -0.528. The number of nitrogens with one attached hydrogen (secondary N) is 1. The van der Waals surface area contributed by atoms with Crippen molar-refractivity contribution in [3.63, 3.8) is 0 Å². The Morgan fingerprint density at radius 1 is 1.17 bits per heavy atom. The lowest BCUT2D eigenvalue weighted by Gasteiger charge is -2.07. The summed E-state index contributed by atoms with van der Waals surface area (Å²) in [6.07, 6.45) is 1.86. The summed E-state index contributed by atoms with van der Waals surface area (Å²) in [4.78, 5) is 24.8. The van der Waals surface area contributed by atoms with Gasteiger partial charge in [0.05, 0.1) is 4.92 Å². The highest BCUT2D eigenvalue weighted by molar-refractivity contribution is 7.99. The topological polar surface area (TPSA) is 72.2 Å². The molecule has 0 aliphatic rings. The highest BCUT2D eigenvalue weighted by atomic mass is 32.2. The molecule has 0 spiro atoms. The van der Waals surface area contributed by atoms with Crippen molar-refractivity contribution in [1.29, 1.82) is 0 Å². The van der Waals surface area contributed by atoms with Gasteiger partial charge in [-0.25, -0.2) is 0 Å². The van der Waals surface area contributed by atoms with Gasteiger partial charge < -0.3 is 5.32 Å². The van der Waals surface area contributed by atoms with Crippen LogP contribution in [0.25, 0.3) is 0 Å². The standard InChI is InChI=1S/C17H18N2O3S2/c1-12-3-5-13(6-4-12)24-10-9-18-17(20)15-11-14(23-2)7-8-16(15)19(21)22/h3-8,11H,9-10H2,1-2H3,(H,18,20). The smallest absolute Gasteiger partial charge is 0.282 e. The number of hydrogen-bond acceptors (Lipinski definition) is 5. The third-order valence-corrected chi connectivity index (χ3v) is 5.06. The van der Waals surface area contributed by atoms with Crippen LogP contribution >= 0.6 is 23.5 Å². The Morgan fingerprint density at radius 2 is 1.83 bits per heavy atom. The van der Waals surface area contributed by atoms with Gasteiger partial charge in [-0.3, -0.25) is 14.9 Å². The number of carbonyl (C=O) groups excluding carboxylic acids is 1. The maximum atomic E-state index is 12.3. The van der Waals surface area contributed by atoms with Crippen molar-refractivity contribution in [3.05, 3.63) is 63.7 Å². The van der Waals surface area contributed by atoms with Gasteiger partial charge in [0, 0.05) is 28.2 Å². The third-order valence-electron chi connectivity index (χ3n) is 3.32. The molecule has 0 atom stereocenters. The zero-order valence-electron chi connectivity index (χ0n) is 13.4. The number of hydrogen-bond donors (Lipinski definition) is 1. The summed E-state index contributed by atoms with van der Waals surface area (Å²) in [7, 11) is 0. The second-order valence-corrected chi connectivity index (χ2v) is 7.11. The van der Waals surface area contributed by atoms with Gasteiger partial charge in [0.2, 0.25) is 0 Å². The van der Waals surface area contributed by atoms with Gasteiger partial charge in [-0.1, -0.05) is 17.7 Å². The van der Waals surface area contributed by atoms with Crippen LogP contribution in [0.1, 0.15) is 15.9 Å². The van der Waals surface area contributed by atoms with Gasteiger partial charge >= 0.3 is 0 Å². The Hall–Kier alpha value is -1.99. The second-order valence-electron chi connectivity index (χ2n) is 5.06. The van der Waals surface area contributed by atoms with E-state index >= 15 is 0 Å². The number of thioether (sulfide) groups is 2. The van der Waals surface area contributed by atoms with E-state index in [9.17, 15) is 14.9 Å². The molecular formula is C17H18N2O3S2. The highest BCUT2D eigenvalue weighted by Gasteiger charge is 2.20. The summed E-state index contributed by atoms with van der Waals surface area (Å²) in [6.45, 7) is 2.47. The molecule has 0 heterocycles. The molecule has 0 fully saturated rings. The second kappa shape index (κ2) is 8.75. The Kier molecular flexibility index (Phi) is 6.69. The van der Waals surface area contributed by atoms with Gasteiger partial charge in [-0.15, -0.1) is 23.5 Å². The van der Waals surface area contributed by atoms with Crippen molar-refractivity contribution < 1.29 is 9.72 Å². The molecular weight excluding hydrogens is 344 g/mol. The molecule has 0 bridgehead atoms. The number of nitro benzene ring substituents is 1. The van der Waals surface area contributed by atoms with Crippen LogP contribution in [0.2, 0.25) is 0 Å². The molecule has 2 rings (SSSR count). The monoisotopic (exact) mass is 362 g/mol. The third kappa shape index (κ3) is 5.01. The van der Waals surface area contributed by atoms with Crippen LogP contribution in [0.5, 0.6) is 0 Å². The lowest BCUT2D eigenvalue weighted by Crippen LogP contribution is -2.26. The molecule has 126 valence electrons. The van der Waals surface area contributed by atoms with E-state index in [1.165, 1.54) is 23.4 Å². The first-order chi connectivity index (χ1) is 11.5. The van der Waals surface area contributed by atoms with Crippen molar-refractivity contribution >= 4 is 35.1 Å². The fraction of sp³-hybridized carbons (Fsp3) is 0.235. The quantitative estimate of drug-likeness (QED) is 0.347. The minimum absolute atomic E-state index is 0.104. The zero-order valence-corrected chi connectivity index (χ0v) is 15.1. The predicted octanol–water partition coefficient (Wildman–Crippen LogP) is 4.15. The van der Waals surface area contributed by atoms with Crippen LogP contribution in [0, 0.1) is 17.0 Å². The van der Waals surface area contributed by atoms with Crippen LogP contribution < -0.4 is 5.32 Å². The number of rotatable bonds is 7. The fourth-order valence-corrected chi connectivity index (χ4v) is 3.25. The number of amides is 1. The van der Waals surface area contributed by atoms with Crippen LogP contribution in [0.4, 0.5) is 5.69 Å². The molecule has 0 aromatic heterocycles. The number of nitrogens with zero attached hydrogens (tertiary/aromatic N) is 1. The van der Waals surface area contributed by atoms with Gasteiger partial charge in [0.25, 0.3) is 11.6 Å². The minimum Gasteiger partial charge on any atom is -0.351 e. The largest absolute Gasteiger partial charge is 0.351 e. The van der Waals surface area contributed by atoms with E-state index < -0.39 is 10.8 Å². The van der Waals surface area contributed by atoms with Gasteiger partial charge in [0.15, 0.2) is 0 Å². The summed E-state index contributed by atoms with van der Waals surface area (Å²) in [6, 6.07) is 12.7. The Labute approximate surface area is 149 Å². The maximum Gasteiger partial charge on any atom is 0.282 e. The number of benzene rings is 2. The van der Waals surface area contributed by atoms with Gasteiger partial charge in [-0.05, 0) is 37.4 Å². The van der Waals surface area contributed by atoms with Crippen LogP contribution in [0.15, 0.2) is 52.3 Å². The predicted molar refractivity (Wildman–Crippen MR) is 99.1 cm³/mol. The van der Waals surface area contributed by atoms with Crippen LogP contribution in [-0.2, 0) is 0 Å². The first-order valence-electron chi connectivity index (χ1n) is 7.31. The molecule has 1 N–H and O–H groups in total. The molecule has 2 aromatic rings. The average molecular weight is 362 g/mol. The molecule has 0 aliphatic carbocycles. The number of carbonyl (C=O) groups is 1. The molecule has 24 heavy (non-hydrogen) atoms. The van der Waals surface area contributed by atoms with E-state index in [0.29, 0.717) is 12.3 Å². The molecule has 0 unspecified atom stereocenters. The SMILES string of the molecule is CSc1ccc([N+](=O)[O-])c(C(=O)NCCSc2ccc(C)cc2)c1. The van der Waals surface area contributed by atoms with Crippen molar-refractivity contribution in [3.8, 4) is 0 Å². The summed E-state index contributed by atoms with van der Waals surface area (Å²) in [5, 5.41) is 13.8. The maximum absolute atomic E-state index is 12.3. The number of nitro groups is 1. The zero-order chi connectivity index (χ0) is 17.5. The van der Waals surface area contributed by atoms with Crippen molar-refractivity contribution in [2.45, 2.75) is 16.7 Å². The molecule has 7 heteroatoms. The van der Waals surface area contributed by atoms with Gasteiger partial charge in [-0.2, -0.15) is 0 Å². The fourth-order valence-electron chi connectivity index (χ4n) is 2.05. The molecule has 5 nitrogen and oxygen atoms in total. The van der Waals surface area contributed by atoms with E-state index in [4.69, 9.17) is 0 Å². The van der Waals surface area contributed by atoms with E-state index in [1.807, 2.05) is 37.4 Å². The summed E-state index contributed by atoms with van der Waals surface area (Å²) in [5.41, 5.74) is 1.14. The van der Waals surface area contributed by atoms with Crippen molar-refractivity contribution in [2.24, 2.45) is 0 Å². The van der Waals surface area contributed by atoms with Gasteiger partial charge in [0.1, 0.15) is 5.56 Å². The summed E-state index contributed by atoms with van der Waals surface area (Å²) in [5.74, 6) is 0.285. The summed E-state index contributed by atoms with van der Waals surface area (Å²) >= 11 is 3.07. The molecule has 2 aromatic carbocycles. The number of aryl methyl sites for hydroxylation is 1. The Bertz CT molecular complexity index is 733. The lowest BCUT2D eigenvalue weighted by atomic mass is 10.1. The first kappa shape index (κ1) is 18.4. The van der Waals surface area contributed by atoms with E-state index in [0.717, 1.165) is 9.79 Å². The highest BCUT2D eigenvalue weighted by Crippen LogP contribution is 2.24. The molecule has 0 radical (unpaired) electrons.